The Morgan fingerprint density at radius 2 is 2.16 bits per heavy atom. The van der Waals surface area contributed by atoms with Crippen LogP contribution in [0.15, 0.2) is 18.2 Å². The minimum Gasteiger partial charge on any atom is -0.370 e. The molecular formula is C11H13F3N4O. The maximum absolute atomic E-state index is 11.8. The van der Waals surface area contributed by atoms with Gasteiger partial charge < -0.3 is 10.1 Å². The van der Waals surface area contributed by atoms with Crippen molar-refractivity contribution in [3.8, 4) is 0 Å². The van der Waals surface area contributed by atoms with E-state index >= 15 is 0 Å². The van der Waals surface area contributed by atoms with Crippen molar-refractivity contribution in [3.05, 3.63) is 23.9 Å². The lowest BCUT2D eigenvalue weighted by Crippen LogP contribution is -2.20. The van der Waals surface area contributed by atoms with Crippen molar-refractivity contribution >= 4 is 11.6 Å². The number of aromatic nitrogens is 3. The van der Waals surface area contributed by atoms with Gasteiger partial charge >= 0.3 is 6.18 Å². The van der Waals surface area contributed by atoms with Crippen molar-refractivity contribution in [2.75, 3.05) is 25.1 Å². The summed E-state index contributed by atoms with van der Waals surface area (Å²) in [4.78, 5) is 4.18. The van der Waals surface area contributed by atoms with E-state index in [1.807, 2.05) is 19.1 Å². The Kier molecular flexibility index (Phi) is 3.89. The Bertz CT molecular complexity index is 552. The molecule has 0 saturated carbocycles. The molecule has 2 heterocycles. The fourth-order valence-electron chi connectivity index (χ4n) is 1.53. The van der Waals surface area contributed by atoms with E-state index in [0.717, 1.165) is 5.69 Å². The third kappa shape index (κ3) is 3.82. The van der Waals surface area contributed by atoms with Crippen molar-refractivity contribution in [1.29, 1.82) is 0 Å². The highest BCUT2D eigenvalue weighted by molar-refractivity contribution is 5.44. The number of rotatable bonds is 5. The highest BCUT2D eigenvalue weighted by atomic mass is 19.4. The van der Waals surface area contributed by atoms with E-state index in [1.165, 1.54) is 0 Å². The molecule has 0 aliphatic heterocycles. The quantitative estimate of drug-likeness (QED) is 0.848. The van der Waals surface area contributed by atoms with Crippen molar-refractivity contribution in [3.63, 3.8) is 0 Å². The number of nitrogens with one attached hydrogen (secondary N) is 1. The van der Waals surface area contributed by atoms with Crippen LogP contribution in [0.3, 0.4) is 0 Å². The van der Waals surface area contributed by atoms with Crippen LogP contribution in [0, 0.1) is 6.92 Å². The van der Waals surface area contributed by atoms with Crippen LogP contribution in [0.25, 0.3) is 5.65 Å². The van der Waals surface area contributed by atoms with E-state index in [2.05, 4.69) is 20.1 Å². The summed E-state index contributed by atoms with van der Waals surface area (Å²) in [5.74, 6) is 0.366. The third-order valence-electron chi connectivity index (χ3n) is 2.34. The van der Waals surface area contributed by atoms with Gasteiger partial charge in [-0.05, 0) is 19.1 Å². The van der Waals surface area contributed by atoms with Crippen LogP contribution in [0.1, 0.15) is 5.69 Å². The molecule has 0 aromatic carbocycles. The molecule has 19 heavy (non-hydrogen) atoms. The molecule has 0 amide bonds. The topological polar surface area (TPSA) is 51.5 Å². The smallest absolute Gasteiger partial charge is 0.370 e. The molecule has 2 aromatic rings. The average Bonchev–Trinajstić information content (AvgIpc) is 2.71. The van der Waals surface area contributed by atoms with Crippen LogP contribution in [0.4, 0.5) is 19.1 Å². The Morgan fingerprint density at radius 1 is 1.37 bits per heavy atom. The third-order valence-corrected chi connectivity index (χ3v) is 2.34. The second kappa shape index (κ2) is 5.43. The molecule has 0 atom stereocenters. The minimum absolute atomic E-state index is 0.0615. The van der Waals surface area contributed by atoms with Gasteiger partial charge in [0.2, 0.25) is 5.95 Å². The van der Waals surface area contributed by atoms with Gasteiger partial charge in [-0.1, -0.05) is 6.07 Å². The SMILES string of the molecule is Cc1cccc2nc(NCCOCC(F)(F)F)nn12. The largest absolute Gasteiger partial charge is 0.411 e. The van der Waals surface area contributed by atoms with Crippen molar-refractivity contribution in [2.45, 2.75) is 13.1 Å². The molecule has 1 N–H and O–H groups in total. The molecule has 104 valence electrons. The zero-order valence-electron chi connectivity index (χ0n) is 10.2. The van der Waals surface area contributed by atoms with Crippen molar-refractivity contribution < 1.29 is 17.9 Å². The number of halogens is 3. The van der Waals surface area contributed by atoms with Gasteiger partial charge in [0.1, 0.15) is 6.61 Å². The molecule has 0 aliphatic rings. The number of aryl methyl sites for hydroxylation is 1. The molecule has 2 rings (SSSR count). The number of hydrogen-bond acceptors (Lipinski definition) is 4. The number of alkyl halides is 3. The Hall–Kier alpha value is -1.83. The predicted molar refractivity (Wildman–Crippen MR) is 63.1 cm³/mol. The lowest BCUT2D eigenvalue weighted by atomic mass is 10.4. The van der Waals surface area contributed by atoms with Crippen LogP contribution in [0.2, 0.25) is 0 Å². The lowest BCUT2D eigenvalue weighted by Gasteiger charge is -2.07. The number of pyridine rings is 1. The van der Waals surface area contributed by atoms with E-state index < -0.39 is 12.8 Å². The monoisotopic (exact) mass is 274 g/mol. The minimum atomic E-state index is -4.29. The number of hydrogen-bond donors (Lipinski definition) is 1. The fourth-order valence-corrected chi connectivity index (χ4v) is 1.53. The van der Waals surface area contributed by atoms with E-state index in [1.54, 1.807) is 10.6 Å². The lowest BCUT2D eigenvalue weighted by molar-refractivity contribution is -0.172. The first-order valence-corrected chi connectivity index (χ1v) is 5.66. The molecule has 0 spiro atoms. The summed E-state index contributed by atoms with van der Waals surface area (Å²) < 4.78 is 41.6. The second-order valence-corrected chi connectivity index (χ2v) is 3.97. The summed E-state index contributed by atoms with van der Waals surface area (Å²) in [5.41, 5.74) is 1.60. The van der Waals surface area contributed by atoms with E-state index in [0.29, 0.717) is 11.6 Å². The Morgan fingerprint density at radius 3 is 2.84 bits per heavy atom. The number of anilines is 1. The second-order valence-electron chi connectivity index (χ2n) is 3.97. The van der Waals surface area contributed by atoms with E-state index in [-0.39, 0.29) is 13.2 Å². The van der Waals surface area contributed by atoms with Crippen LogP contribution >= 0.6 is 0 Å². The summed E-state index contributed by atoms with van der Waals surface area (Å²) in [7, 11) is 0. The summed E-state index contributed by atoms with van der Waals surface area (Å²) >= 11 is 0. The van der Waals surface area contributed by atoms with E-state index in [9.17, 15) is 13.2 Å². The van der Waals surface area contributed by atoms with Gasteiger partial charge in [-0.2, -0.15) is 18.2 Å². The zero-order valence-corrected chi connectivity index (χ0v) is 10.2. The van der Waals surface area contributed by atoms with Gasteiger partial charge in [0, 0.05) is 12.2 Å². The molecule has 0 fully saturated rings. The highest BCUT2D eigenvalue weighted by Crippen LogP contribution is 2.14. The van der Waals surface area contributed by atoms with Crippen LogP contribution in [0.5, 0.6) is 0 Å². The van der Waals surface area contributed by atoms with Crippen LogP contribution in [-0.4, -0.2) is 40.5 Å². The number of ether oxygens (including phenoxy) is 1. The van der Waals surface area contributed by atoms with Gasteiger partial charge in [0.25, 0.3) is 0 Å². The molecule has 0 saturated heterocycles. The number of nitrogens with zero attached hydrogens (tertiary/aromatic N) is 3. The predicted octanol–water partition coefficient (Wildman–Crippen LogP) is 2.03. The molecule has 2 aromatic heterocycles. The van der Waals surface area contributed by atoms with Crippen LogP contribution in [-0.2, 0) is 4.74 Å². The first-order valence-electron chi connectivity index (χ1n) is 5.66. The average molecular weight is 274 g/mol. The molecule has 0 unspecified atom stereocenters. The molecular weight excluding hydrogens is 261 g/mol. The Balaban J connectivity index is 1.84. The van der Waals surface area contributed by atoms with Gasteiger partial charge in [0.15, 0.2) is 5.65 Å². The van der Waals surface area contributed by atoms with E-state index in [4.69, 9.17) is 0 Å². The normalized spacial score (nSPS) is 12.0. The standard InChI is InChI=1S/C11H13F3N4O/c1-8-3-2-4-9-16-10(17-18(8)9)15-5-6-19-7-11(12,13)14/h2-4H,5-7H2,1H3,(H,15,17). The maximum Gasteiger partial charge on any atom is 0.411 e. The Labute approximate surface area is 107 Å². The van der Waals surface area contributed by atoms with Crippen molar-refractivity contribution in [1.82, 2.24) is 14.6 Å². The highest BCUT2D eigenvalue weighted by Gasteiger charge is 2.27. The van der Waals surface area contributed by atoms with Crippen molar-refractivity contribution in [2.24, 2.45) is 0 Å². The van der Waals surface area contributed by atoms with Gasteiger partial charge in [-0.3, -0.25) is 0 Å². The fraction of sp³-hybridized carbons (Fsp3) is 0.455. The van der Waals surface area contributed by atoms with Gasteiger partial charge in [-0.25, -0.2) is 4.52 Å². The summed E-state index contributed by atoms with van der Waals surface area (Å²) in [5, 5.41) is 6.99. The first kappa shape index (κ1) is 13.6. The molecule has 0 bridgehead atoms. The summed E-state index contributed by atoms with van der Waals surface area (Å²) in [6.45, 7) is 0.796. The summed E-state index contributed by atoms with van der Waals surface area (Å²) in [6, 6.07) is 5.54. The zero-order chi connectivity index (χ0) is 13.9. The maximum atomic E-state index is 11.8. The van der Waals surface area contributed by atoms with Gasteiger partial charge in [-0.15, -0.1) is 5.10 Å². The van der Waals surface area contributed by atoms with Crippen LogP contribution < -0.4 is 5.32 Å². The first-order chi connectivity index (χ1) is 8.96. The molecule has 0 radical (unpaired) electrons. The number of fused-ring (bicyclic) bond motifs is 1. The molecule has 8 heteroatoms. The summed E-state index contributed by atoms with van der Waals surface area (Å²) in [6.07, 6.45) is -4.29. The molecule has 5 nitrogen and oxygen atoms in total. The molecule has 0 aliphatic carbocycles. The van der Waals surface area contributed by atoms with Gasteiger partial charge in [0.05, 0.1) is 6.61 Å².